The van der Waals surface area contributed by atoms with Crippen molar-refractivity contribution in [2.75, 3.05) is 5.84 Å². The predicted molar refractivity (Wildman–Crippen MR) is 64.9 cm³/mol. The van der Waals surface area contributed by atoms with E-state index >= 15 is 0 Å². The summed E-state index contributed by atoms with van der Waals surface area (Å²) in [7, 11) is 0. The molecule has 0 atom stereocenters. The Morgan fingerprint density at radius 3 is 2.53 bits per heavy atom. The Bertz CT molecular complexity index is 429. The summed E-state index contributed by atoms with van der Waals surface area (Å²) in [6, 6.07) is 0. The van der Waals surface area contributed by atoms with Crippen molar-refractivity contribution in [3.05, 3.63) is 49.4 Å². The minimum Gasteiger partial charge on any atom is -0.335 e. The average Bonchev–Trinajstić information content (AvgIpc) is 2.55. The Morgan fingerprint density at radius 1 is 1.33 bits per heavy atom. The van der Waals surface area contributed by atoms with Gasteiger partial charge in [-0.15, -0.1) is 22.8 Å². The van der Waals surface area contributed by atoms with Crippen molar-refractivity contribution >= 4 is 18.2 Å². The molecule has 0 saturated carbocycles. The first-order chi connectivity index (χ1) is 7.20. The zero-order valence-corrected chi connectivity index (χ0v) is 9.06. The number of aromatic nitrogens is 3. The molecular weight excluding hydrogens is 208 g/mol. The topological polar surface area (TPSA) is 56.7 Å². The Balaban J connectivity index is 3.15. The maximum atomic E-state index is 5.69. The highest BCUT2D eigenvalue weighted by atomic mass is 32.1. The van der Waals surface area contributed by atoms with Gasteiger partial charge in [-0.2, -0.15) is 0 Å². The summed E-state index contributed by atoms with van der Waals surface area (Å²) in [5.41, 5.74) is 0.792. The van der Waals surface area contributed by atoms with E-state index in [-0.39, 0.29) is 0 Å². The second-order valence-electron chi connectivity index (χ2n) is 2.65. The summed E-state index contributed by atoms with van der Waals surface area (Å²) in [6.45, 7) is 7.20. The van der Waals surface area contributed by atoms with Crippen molar-refractivity contribution in [1.29, 1.82) is 0 Å². The van der Waals surface area contributed by atoms with Gasteiger partial charge in [-0.1, -0.05) is 43.5 Å². The minimum atomic E-state index is 0.354. The summed E-state index contributed by atoms with van der Waals surface area (Å²) in [6.07, 6.45) is 8.68. The van der Waals surface area contributed by atoms with E-state index in [1.807, 2.05) is 6.08 Å². The van der Waals surface area contributed by atoms with Crippen LogP contribution in [0.25, 0.3) is 5.57 Å². The van der Waals surface area contributed by atoms with E-state index in [1.54, 1.807) is 24.3 Å². The summed E-state index contributed by atoms with van der Waals surface area (Å²) < 4.78 is 1.30. The molecule has 4 nitrogen and oxygen atoms in total. The lowest BCUT2D eigenvalue weighted by Gasteiger charge is -2.00. The zero-order valence-electron chi connectivity index (χ0n) is 8.17. The van der Waals surface area contributed by atoms with Crippen LogP contribution in [0.2, 0.25) is 0 Å². The number of hydrogen-bond donors (Lipinski definition) is 2. The highest BCUT2D eigenvalue weighted by Crippen LogP contribution is 2.14. The van der Waals surface area contributed by atoms with Gasteiger partial charge in [0, 0.05) is 5.57 Å². The molecule has 1 heterocycles. The Hall–Kier alpha value is -1.75. The van der Waals surface area contributed by atoms with E-state index in [1.165, 1.54) is 4.68 Å². The molecule has 0 radical (unpaired) electrons. The van der Waals surface area contributed by atoms with Gasteiger partial charge in [0.15, 0.2) is 5.82 Å². The summed E-state index contributed by atoms with van der Waals surface area (Å²) >= 11 is 4.04. The van der Waals surface area contributed by atoms with Gasteiger partial charge >= 0.3 is 0 Å². The number of nitrogens with two attached hydrogens (primary N) is 1. The average molecular weight is 220 g/mol. The van der Waals surface area contributed by atoms with Gasteiger partial charge in [-0.25, -0.2) is 4.68 Å². The molecule has 78 valence electrons. The van der Waals surface area contributed by atoms with Gasteiger partial charge in [-0.05, 0) is 0 Å². The quantitative estimate of drug-likeness (QED) is 0.460. The van der Waals surface area contributed by atoms with Crippen LogP contribution in [0.4, 0.5) is 0 Å². The van der Waals surface area contributed by atoms with Crippen LogP contribution in [-0.4, -0.2) is 14.9 Å². The van der Waals surface area contributed by atoms with Crippen LogP contribution >= 0.6 is 12.6 Å². The first-order valence-electron chi connectivity index (χ1n) is 4.22. The van der Waals surface area contributed by atoms with Crippen molar-refractivity contribution in [2.24, 2.45) is 0 Å². The number of allylic oxidation sites excluding steroid dienone is 6. The molecule has 0 amide bonds. The minimum absolute atomic E-state index is 0.354. The van der Waals surface area contributed by atoms with Crippen LogP contribution in [0.1, 0.15) is 5.82 Å². The Kier molecular flexibility index (Phi) is 3.93. The second-order valence-corrected chi connectivity index (χ2v) is 3.05. The van der Waals surface area contributed by atoms with Crippen molar-refractivity contribution in [1.82, 2.24) is 14.9 Å². The molecule has 5 heteroatoms. The lowest BCUT2D eigenvalue weighted by atomic mass is 10.2. The number of hydrogen-bond acceptors (Lipinski definition) is 4. The van der Waals surface area contributed by atoms with Crippen LogP contribution in [-0.2, 0) is 0 Å². The van der Waals surface area contributed by atoms with Crippen molar-refractivity contribution in [3.63, 3.8) is 0 Å². The second kappa shape index (κ2) is 5.21. The van der Waals surface area contributed by atoms with E-state index in [9.17, 15) is 0 Å². The summed E-state index contributed by atoms with van der Waals surface area (Å²) in [5.74, 6) is 6.21. The third-order valence-electron chi connectivity index (χ3n) is 1.65. The molecule has 0 unspecified atom stereocenters. The van der Waals surface area contributed by atoms with Crippen molar-refractivity contribution in [2.45, 2.75) is 5.16 Å². The van der Waals surface area contributed by atoms with Crippen LogP contribution in [0, 0.1) is 0 Å². The molecule has 0 aliphatic carbocycles. The maximum Gasteiger partial charge on any atom is 0.206 e. The molecule has 0 aliphatic heterocycles. The van der Waals surface area contributed by atoms with E-state index in [0.29, 0.717) is 11.0 Å². The van der Waals surface area contributed by atoms with E-state index in [4.69, 9.17) is 5.84 Å². The molecule has 1 aromatic heterocycles. The fourth-order valence-electron chi connectivity index (χ4n) is 0.983. The molecule has 2 N–H and O–H groups in total. The predicted octanol–water partition coefficient (Wildman–Crippen LogP) is 1.59. The van der Waals surface area contributed by atoms with Gasteiger partial charge in [-0.3, -0.25) is 0 Å². The molecule has 0 saturated heterocycles. The molecule has 15 heavy (non-hydrogen) atoms. The Morgan fingerprint density at radius 2 is 2.07 bits per heavy atom. The smallest absolute Gasteiger partial charge is 0.206 e. The molecule has 0 spiro atoms. The van der Waals surface area contributed by atoms with Crippen LogP contribution in [0.15, 0.2) is 48.7 Å². The van der Waals surface area contributed by atoms with Crippen molar-refractivity contribution in [3.8, 4) is 0 Å². The number of rotatable bonds is 4. The molecule has 1 aromatic rings. The van der Waals surface area contributed by atoms with Gasteiger partial charge in [0.2, 0.25) is 5.16 Å². The fraction of sp³-hybridized carbons (Fsp3) is 0. The SMILES string of the molecule is C=C/C=C\C(=C/C=C)c1nnc(S)n1N. The fourth-order valence-corrected chi connectivity index (χ4v) is 1.12. The normalized spacial score (nSPS) is 11.9. The van der Waals surface area contributed by atoms with Crippen LogP contribution < -0.4 is 5.84 Å². The molecule has 1 rings (SSSR count). The molecule has 0 bridgehead atoms. The lowest BCUT2D eigenvalue weighted by molar-refractivity contribution is 0.844. The summed E-state index contributed by atoms with van der Waals surface area (Å²) in [5, 5.41) is 8.00. The third kappa shape index (κ3) is 2.60. The third-order valence-corrected chi connectivity index (χ3v) is 1.95. The lowest BCUT2D eigenvalue weighted by Crippen LogP contribution is -2.12. The van der Waals surface area contributed by atoms with E-state index < -0.39 is 0 Å². The molecular formula is C10H12N4S. The standard InChI is InChI=1S/C10H12N4S/c1-3-5-7-8(6-4-2)9-12-13-10(15)14(9)11/h3-7H,1-2,11H2,(H,13,15)/b7-5-,8-6+. The number of thiol groups is 1. The molecule has 0 fully saturated rings. The van der Waals surface area contributed by atoms with Gasteiger partial charge in [0.25, 0.3) is 0 Å². The molecule has 0 aliphatic rings. The highest BCUT2D eigenvalue weighted by molar-refractivity contribution is 7.80. The summed E-state index contributed by atoms with van der Waals surface area (Å²) in [4.78, 5) is 0. The van der Waals surface area contributed by atoms with Gasteiger partial charge in [0.05, 0.1) is 0 Å². The van der Waals surface area contributed by atoms with E-state index in [0.717, 1.165) is 5.57 Å². The molecule has 0 aromatic carbocycles. The first kappa shape index (κ1) is 11.3. The number of nitrogen functional groups attached to an aromatic ring is 1. The Labute approximate surface area is 93.9 Å². The highest BCUT2D eigenvalue weighted by Gasteiger charge is 2.08. The monoisotopic (exact) mass is 220 g/mol. The largest absolute Gasteiger partial charge is 0.335 e. The first-order valence-corrected chi connectivity index (χ1v) is 4.67. The van der Waals surface area contributed by atoms with Crippen LogP contribution in [0.5, 0.6) is 0 Å². The van der Waals surface area contributed by atoms with Crippen molar-refractivity contribution < 1.29 is 0 Å². The van der Waals surface area contributed by atoms with Gasteiger partial charge < -0.3 is 5.84 Å². The zero-order chi connectivity index (χ0) is 11.3. The van der Waals surface area contributed by atoms with Gasteiger partial charge in [0.1, 0.15) is 0 Å². The van der Waals surface area contributed by atoms with E-state index in [2.05, 4.69) is 36.0 Å². The number of nitrogens with zero attached hydrogens (tertiary/aromatic N) is 3. The van der Waals surface area contributed by atoms with Crippen LogP contribution in [0.3, 0.4) is 0 Å². The maximum absolute atomic E-state index is 5.69.